The molecule has 0 aliphatic carbocycles. The summed E-state index contributed by atoms with van der Waals surface area (Å²) in [5.74, 6) is 0. The third-order valence-corrected chi connectivity index (χ3v) is 4.65. The van der Waals surface area contributed by atoms with Gasteiger partial charge in [0.05, 0.1) is 0 Å². The maximum absolute atomic E-state index is 3.52. The van der Waals surface area contributed by atoms with Crippen molar-refractivity contribution < 1.29 is 0 Å². The van der Waals surface area contributed by atoms with Gasteiger partial charge >= 0.3 is 0 Å². The maximum atomic E-state index is 3.52. The zero-order valence-corrected chi connectivity index (χ0v) is 11.7. The molecular formula is C10H12Br2S. The third kappa shape index (κ3) is 3.22. The van der Waals surface area contributed by atoms with Crippen LogP contribution in [0.15, 0.2) is 16.1 Å². The zero-order valence-electron chi connectivity index (χ0n) is 7.73. The SMILES string of the molecule is CC/C(=C\c1cc(Br)c(C)s1)CBr. The molecule has 0 N–H and O–H groups in total. The summed E-state index contributed by atoms with van der Waals surface area (Å²) in [5.41, 5.74) is 1.44. The van der Waals surface area contributed by atoms with Crippen LogP contribution in [0.25, 0.3) is 6.08 Å². The minimum absolute atomic E-state index is 0.970. The number of alkyl halides is 1. The van der Waals surface area contributed by atoms with Gasteiger partial charge < -0.3 is 0 Å². The van der Waals surface area contributed by atoms with Gasteiger partial charge in [0.2, 0.25) is 0 Å². The van der Waals surface area contributed by atoms with Crippen LogP contribution < -0.4 is 0 Å². The Morgan fingerprint density at radius 1 is 1.62 bits per heavy atom. The van der Waals surface area contributed by atoms with Crippen LogP contribution in [-0.2, 0) is 0 Å². The highest BCUT2D eigenvalue weighted by Crippen LogP contribution is 2.28. The lowest BCUT2D eigenvalue weighted by molar-refractivity contribution is 1.13. The van der Waals surface area contributed by atoms with Crippen LogP contribution in [0.5, 0.6) is 0 Å². The average molecular weight is 324 g/mol. The molecule has 0 fully saturated rings. The molecule has 0 atom stereocenters. The van der Waals surface area contributed by atoms with Crippen LogP contribution in [0.2, 0.25) is 0 Å². The van der Waals surface area contributed by atoms with E-state index in [0.29, 0.717) is 0 Å². The lowest BCUT2D eigenvalue weighted by Crippen LogP contribution is -1.79. The Morgan fingerprint density at radius 3 is 2.69 bits per heavy atom. The first kappa shape index (κ1) is 11.5. The minimum atomic E-state index is 0.970. The maximum Gasteiger partial charge on any atom is 0.0317 e. The van der Waals surface area contributed by atoms with Gasteiger partial charge in [-0.2, -0.15) is 0 Å². The van der Waals surface area contributed by atoms with Crippen LogP contribution >= 0.6 is 43.2 Å². The van der Waals surface area contributed by atoms with E-state index in [1.165, 1.54) is 19.8 Å². The number of thiophene rings is 1. The van der Waals surface area contributed by atoms with Crippen LogP contribution in [0.4, 0.5) is 0 Å². The second kappa shape index (κ2) is 5.32. The van der Waals surface area contributed by atoms with Gasteiger partial charge in [0.1, 0.15) is 0 Å². The molecule has 0 nitrogen and oxygen atoms in total. The van der Waals surface area contributed by atoms with Crippen LogP contribution in [-0.4, -0.2) is 5.33 Å². The van der Waals surface area contributed by atoms with Crippen molar-refractivity contribution in [3.05, 3.63) is 25.9 Å². The van der Waals surface area contributed by atoms with E-state index >= 15 is 0 Å². The standard InChI is InChI=1S/C10H12Br2S/c1-3-8(6-11)4-9-5-10(12)7(2)13-9/h4-5H,3,6H2,1-2H3/b8-4+. The van der Waals surface area contributed by atoms with Crippen molar-refractivity contribution in [2.45, 2.75) is 20.3 Å². The Hall–Kier alpha value is 0.400. The molecule has 0 radical (unpaired) electrons. The van der Waals surface area contributed by atoms with Gasteiger partial charge in [-0.3, -0.25) is 0 Å². The molecule has 0 aromatic carbocycles. The molecule has 1 heterocycles. The summed E-state index contributed by atoms with van der Waals surface area (Å²) < 4.78 is 1.22. The summed E-state index contributed by atoms with van der Waals surface area (Å²) in [4.78, 5) is 2.68. The lowest BCUT2D eigenvalue weighted by Gasteiger charge is -1.95. The fourth-order valence-electron chi connectivity index (χ4n) is 0.989. The molecule has 13 heavy (non-hydrogen) atoms. The Balaban J connectivity index is 2.89. The van der Waals surface area contributed by atoms with Crippen molar-refractivity contribution in [3.8, 4) is 0 Å². The number of rotatable bonds is 3. The van der Waals surface area contributed by atoms with Crippen LogP contribution in [0.3, 0.4) is 0 Å². The predicted octanol–water partition coefficient (Wildman–Crippen LogP) is 5.01. The molecule has 0 saturated carbocycles. The normalized spacial score (nSPS) is 12.2. The highest BCUT2D eigenvalue weighted by molar-refractivity contribution is 9.10. The van der Waals surface area contributed by atoms with Crippen molar-refractivity contribution in [2.75, 3.05) is 5.33 Å². The number of hydrogen-bond acceptors (Lipinski definition) is 1. The fourth-order valence-corrected chi connectivity index (χ4v) is 3.10. The highest BCUT2D eigenvalue weighted by Gasteiger charge is 2.01. The van der Waals surface area contributed by atoms with E-state index in [-0.39, 0.29) is 0 Å². The van der Waals surface area contributed by atoms with Gasteiger partial charge in [-0.25, -0.2) is 0 Å². The molecule has 3 heteroatoms. The fraction of sp³-hybridized carbons (Fsp3) is 0.400. The second-order valence-corrected chi connectivity index (χ2v) is 5.55. The molecule has 0 bridgehead atoms. The smallest absolute Gasteiger partial charge is 0.0317 e. The van der Waals surface area contributed by atoms with Crippen molar-refractivity contribution in [1.29, 1.82) is 0 Å². The molecular weight excluding hydrogens is 312 g/mol. The molecule has 1 aromatic heterocycles. The monoisotopic (exact) mass is 322 g/mol. The number of allylic oxidation sites excluding steroid dienone is 1. The van der Waals surface area contributed by atoms with E-state index in [0.717, 1.165) is 11.8 Å². The van der Waals surface area contributed by atoms with Gasteiger partial charge in [0.15, 0.2) is 0 Å². The highest BCUT2D eigenvalue weighted by atomic mass is 79.9. The van der Waals surface area contributed by atoms with E-state index < -0.39 is 0 Å². The predicted molar refractivity (Wildman–Crippen MR) is 68.8 cm³/mol. The van der Waals surface area contributed by atoms with E-state index in [9.17, 15) is 0 Å². The van der Waals surface area contributed by atoms with Gasteiger partial charge in [0, 0.05) is 19.6 Å². The van der Waals surface area contributed by atoms with Crippen LogP contribution in [0.1, 0.15) is 23.1 Å². The molecule has 0 saturated heterocycles. The number of hydrogen-bond donors (Lipinski definition) is 0. The Labute approximate surface area is 100 Å². The minimum Gasteiger partial charge on any atom is -0.140 e. The number of aryl methyl sites for hydroxylation is 1. The topological polar surface area (TPSA) is 0 Å². The van der Waals surface area contributed by atoms with Gasteiger partial charge in [0.25, 0.3) is 0 Å². The molecule has 0 aliphatic rings. The molecule has 1 aromatic rings. The summed E-state index contributed by atoms with van der Waals surface area (Å²) in [6.07, 6.45) is 3.37. The Morgan fingerprint density at radius 2 is 2.31 bits per heavy atom. The summed E-state index contributed by atoms with van der Waals surface area (Å²) in [5, 5.41) is 0.970. The van der Waals surface area contributed by atoms with Gasteiger partial charge in [-0.05, 0) is 41.4 Å². The lowest BCUT2D eigenvalue weighted by atomic mass is 10.2. The van der Waals surface area contributed by atoms with E-state index in [2.05, 4.69) is 57.8 Å². The molecule has 0 spiro atoms. The van der Waals surface area contributed by atoms with Crippen molar-refractivity contribution in [3.63, 3.8) is 0 Å². The third-order valence-electron chi connectivity index (χ3n) is 1.85. The quantitative estimate of drug-likeness (QED) is 0.686. The van der Waals surface area contributed by atoms with Gasteiger partial charge in [-0.1, -0.05) is 28.4 Å². The number of halogens is 2. The first-order valence-electron chi connectivity index (χ1n) is 4.18. The summed E-state index contributed by atoms with van der Waals surface area (Å²) in [6, 6.07) is 2.18. The first-order chi connectivity index (χ1) is 6.17. The molecule has 0 aliphatic heterocycles. The van der Waals surface area contributed by atoms with Crippen molar-refractivity contribution in [2.24, 2.45) is 0 Å². The first-order valence-corrected chi connectivity index (χ1v) is 6.91. The zero-order chi connectivity index (χ0) is 9.84. The average Bonchev–Trinajstić information content (AvgIpc) is 2.42. The largest absolute Gasteiger partial charge is 0.140 e. The van der Waals surface area contributed by atoms with E-state index in [1.54, 1.807) is 0 Å². The Kier molecular flexibility index (Phi) is 4.70. The summed E-state index contributed by atoms with van der Waals surface area (Å²) in [7, 11) is 0. The van der Waals surface area contributed by atoms with Gasteiger partial charge in [-0.15, -0.1) is 11.3 Å². The molecule has 0 amide bonds. The van der Waals surface area contributed by atoms with Crippen molar-refractivity contribution >= 4 is 49.3 Å². The van der Waals surface area contributed by atoms with E-state index in [1.807, 2.05) is 11.3 Å². The van der Waals surface area contributed by atoms with E-state index in [4.69, 9.17) is 0 Å². The summed E-state index contributed by atoms with van der Waals surface area (Å²) >= 11 is 8.83. The summed E-state index contributed by atoms with van der Waals surface area (Å²) in [6.45, 7) is 4.31. The Bertz CT molecular complexity index is 287. The molecule has 1 rings (SSSR count). The second-order valence-electron chi connectivity index (χ2n) is 2.84. The molecule has 0 unspecified atom stereocenters. The van der Waals surface area contributed by atoms with Crippen molar-refractivity contribution in [1.82, 2.24) is 0 Å². The molecule has 72 valence electrons. The van der Waals surface area contributed by atoms with Crippen LogP contribution in [0, 0.1) is 6.92 Å².